The van der Waals surface area contributed by atoms with Crippen molar-refractivity contribution in [2.24, 2.45) is 5.92 Å². The highest BCUT2D eigenvalue weighted by atomic mass is 16.5. The lowest BCUT2D eigenvalue weighted by atomic mass is 9.89. The van der Waals surface area contributed by atoms with Crippen LogP contribution in [-0.4, -0.2) is 42.1 Å². The smallest absolute Gasteiger partial charge is 0.223 e. The van der Waals surface area contributed by atoms with Gasteiger partial charge < -0.3 is 14.8 Å². The molecule has 1 atom stereocenters. The Morgan fingerprint density at radius 3 is 2.83 bits per heavy atom. The fourth-order valence-electron chi connectivity index (χ4n) is 3.02. The van der Waals surface area contributed by atoms with Crippen molar-refractivity contribution in [2.45, 2.75) is 25.7 Å². The van der Waals surface area contributed by atoms with Crippen molar-refractivity contribution in [3.8, 4) is 11.5 Å². The number of carbonyl (C=O) groups excluding carboxylic acids is 1. The summed E-state index contributed by atoms with van der Waals surface area (Å²) in [5.74, 6) is 1.47. The van der Waals surface area contributed by atoms with E-state index in [1.54, 1.807) is 14.2 Å². The van der Waals surface area contributed by atoms with Crippen molar-refractivity contribution in [3.63, 3.8) is 0 Å². The van der Waals surface area contributed by atoms with Gasteiger partial charge in [0.25, 0.3) is 0 Å². The Morgan fingerprint density at radius 2 is 2.04 bits per heavy atom. The van der Waals surface area contributed by atoms with E-state index in [2.05, 4.69) is 20.7 Å². The van der Waals surface area contributed by atoms with Gasteiger partial charge in [-0.15, -0.1) is 0 Å². The van der Waals surface area contributed by atoms with E-state index < -0.39 is 0 Å². The number of nitrogens with zero attached hydrogens (tertiary/aromatic N) is 2. The first kappa shape index (κ1) is 16.3. The quantitative estimate of drug-likeness (QED) is 0.833. The van der Waals surface area contributed by atoms with Crippen molar-refractivity contribution in [1.29, 1.82) is 0 Å². The Morgan fingerprint density at radius 1 is 1.25 bits per heavy atom. The topological polar surface area (TPSA) is 89.1 Å². The number of aromatic nitrogens is 3. The van der Waals surface area contributed by atoms with E-state index in [-0.39, 0.29) is 11.8 Å². The summed E-state index contributed by atoms with van der Waals surface area (Å²) in [6.07, 6.45) is 3.03. The van der Waals surface area contributed by atoms with E-state index >= 15 is 0 Å². The molecule has 1 unspecified atom stereocenters. The van der Waals surface area contributed by atoms with Gasteiger partial charge in [0.05, 0.1) is 25.6 Å². The molecule has 1 amide bonds. The highest BCUT2D eigenvalue weighted by molar-refractivity contribution is 5.79. The van der Waals surface area contributed by atoms with Crippen LogP contribution in [0, 0.1) is 5.92 Å². The summed E-state index contributed by atoms with van der Waals surface area (Å²) in [5, 5.41) is 13.9. The molecule has 3 rings (SSSR count). The van der Waals surface area contributed by atoms with Gasteiger partial charge in [-0.2, -0.15) is 15.4 Å². The molecule has 7 nitrogen and oxygen atoms in total. The Hall–Kier alpha value is -2.57. The van der Waals surface area contributed by atoms with Crippen molar-refractivity contribution in [3.05, 3.63) is 35.2 Å². The van der Waals surface area contributed by atoms with Gasteiger partial charge in [0.15, 0.2) is 11.5 Å². The van der Waals surface area contributed by atoms with E-state index in [4.69, 9.17) is 9.47 Å². The number of aryl methyl sites for hydroxylation is 1. The van der Waals surface area contributed by atoms with Crippen LogP contribution in [0.3, 0.4) is 0 Å². The van der Waals surface area contributed by atoms with Crippen molar-refractivity contribution in [2.75, 3.05) is 20.8 Å². The van der Waals surface area contributed by atoms with Crippen LogP contribution in [0.25, 0.3) is 0 Å². The molecule has 0 aliphatic heterocycles. The Labute approximate surface area is 140 Å². The zero-order valence-corrected chi connectivity index (χ0v) is 14.0. The van der Waals surface area contributed by atoms with Gasteiger partial charge in [-0.05, 0) is 37.0 Å². The lowest BCUT2D eigenvalue weighted by molar-refractivity contribution is -0.125. The average molecular weight is 330 g/mol. The number of benzene rings is 1. The van der Waals surface area contributed by atoms with E-state index in [0.717, 1.165) is 36.2 Å². The molecule has 128 valence electrons. The molecule has 1 aliphatic rings. The highest BCUT2D eigenvalue weighted by Crippen LogP contribution is 2.27. The number of ether oxygens (including phenoxy) is 2. The number of rotatable bonds is 6. The van der Waals surface area contributed by atoms with Crippen LogP contribution < -0.4 is 14.8 Å². The maximum atomic E-state index is 12.3. The molecular weight excluding hydrogens is 308 g/mol. The lowest BCUT2D eigenvalue weighted by Crippen LogP contribution is -2.35. The van der Waals surface area contributed by atoms with Crippen molar-refractivity contribution < 1.29 is 14.3 Å². The first-order chi connectivity index (χ1) is 11.7. The van der Waals surface area contributed by atoms with Crippen molar-refractivity contribution >= 4 is 5.91 Å². The van der Waals surface area contributed by atoms with Gasteiger partial charge in [0.1, 0.15) is 0 Å². The summed E-state index contributed by atoms with van der Waals surface area (Å²) in [6, 6.07) is 5.80. The Kier molecular flexibility index (Phi) is 4.98. The second kappa shape index (κ2) is 7.33. The van der Waals surface area contributed by atoms with Gasteiger partial charge in [-0.3, -0.25) is 4.79 Å². The van der Waals surface area contributed by atoms with E-state index in [1.165, 1.54) is 0 Å². The van der Waals surface area contributed by atoms with Gasteiger partial charge in [0, 0.05) is 18.9 Å². The standard InChI is InChI=1S/C17H22N4O3/c1-23-15-6-3-11(9-16(15)24-2)7-8-18-17(22)12-4-5-13-14(10-12)20-21-19-13/h3,6,9,12H,4-5,7-8,10H2,1-2H3,(H,18,22)(H,19,20,21). The molecule has 1 heterocycles. The maximum absolute atomic E-state index is 12.3. The number of aromatic amines is 1. The largest absolute Gasteiger partial charge is 0.493 e. The van der Waals surface area contributed by atoms with E-state index in [1.807, 2.05) is 18.2 Å². The molecule has 7 heteroatoms. The zero-order valence-electron chi connectivity index (χ0n) is 14.0. The molecule has 0 saturated heterocycles. The summed E-state index contributed by atoms with van der Waals surface area (Å²) < 4.78 is 10.5. The number of hydrogen-bond acceptors (Lipinski definition) is 5. The number of methoxy groups -OCH3 is 2. The number of hydrogen-bond donors (Lipinski definition) is 2. The Balaban J connectivity index is 1.50. The summed E-state index contributed by atoms with van der Waals surface area (Å²) in [5.41, 5.74) is 3.00. The molecule has 0 spiro atoms. The second-order valence-corrected chi connectivity index (χ2v) is 5.89. The molecule has 1 aromatic carbocycles. The van der Waals surface area contributed by atoms with Crippen LogP contribution >= 0.6 is 0 Å². The highest BCUT2D eigenvalue weighted by Gasteiger charge is 2.26. The van der Waals surface area contributed by atoms with E-state index in [0.29, 0.717) is 24.5 Å². The first-order valence-corrected chi connectivity index (χ1v) is 8.08. The molecule has 2 aromatic rings. The third kappa shape index (κ3) is 3.50. The number of carbonyl (C=O) groups is 1. The van der Waals surface area contributed by atoms with Gasteiger partial charge in [-0.1, -0.05) is 6.07 Å². The summed E-state index contributed by atoms with van der Waals surface area (Å²) >= 11 is 0. The number of fused-ring (bicyclic) bond motifs is 1. The van der Waals surface area contributed by atoms with Gasteiger partial charge >= 0.3 is 0 Å². The molecule has 1 aliphatic carbocycles. The molecule has 24 heavy (non-hydrogen) atoms. The second-order valence-electron chi connectivity index (χ2n) is 5.89. The summed E-state index contributed by atoms with van der Waals surface area (Å²) in [7, 11) is 3.23. The maximum Gasteiger partial charge on any atom is 0.223 e. The third-order valence-electron chi connectivity index (χ3n) is 4.40. The van der Waals surface area contributed by atoms with Crippen molar-refractivity contribution in [1.82, 2.24) is 20.7 Å². The Bertz CT molecular complexity index is 714. The fraction of sp³-hybridized carbons (Fsp3) is 0.471. The summed E-state index contributed by atoms with van der Waals surface area (Å²) in [4.78, 5) is 12.3. The molecule has 2 N–H and O–H groups in total. The molecule has 0 radical (unpaired) electrons. The van der Waals surface area contributed by atoms with Crippen LogP contribution in [0.15, 0.2) is 18.2 Å². The van der Waals surface area contributed by atoms with Crippen LogP contribution in [0.4, 0.5) is 0 Å². The van der Waals surface area contributed by atoms with Crippen LogP contribution in [-0.2, 0) is 24.1 Å². The zero-order chi connectivity index (χ0) is 16.9. The minimum absolute atomic E-state index is 0.0204. The molecule has 0 fully saturated rings. The normalized spacial score (nSPS) is 16.3. The molecule has 0 bridgehead atoms. The van der Waals surface area contributed by atoms with Crippen LogP contribution in [0.2, 0.25) is 0 Å². The number of H-pyrrole nitrogens is 1. The number of nitrogens with one attached hydrogen (secondary N) is 2. The van der Waals surface area contributed by atoms with Crippen LogP contribution in [0.5, 0.6) is 11.5 Å². The fourth-order valence-corrected chi connectivity index (χ4v) is 3.02. The minimum atomic E-state index is -0.0204. The predicted molar refractivity (Wildman–Crippen MR) is 88.2 cm³/mol. The van der Waals surface area contributed by atoms with Gasteiger partial charge in [-0.25, -0.2) is 0 Å². The summed E-state index contributed by atoms with van der Waals surface area (Å²) in [6.45, 7) is 0.594. The molecule has 0 saturated carbocycles. The molecular formula is C17H22N4O3. The van der Waals surface area contributed by atoms with Crippen LogP contribution in [0.1, 0.15) is 23.4 Å². The average Bonchev–Trinajstić information content (AvgIpc) is 3.09. The third-order valence-corrected chi connectivity index (χ3v) is 4.40. The predicted octanol–water partition coefficient (Wildman–Crippen LogP) is 1.29. The van der Waals surface area contributed by atoms with E-state index in [9.17, 15) is 4.79 Å². The van der Waals surface area contributed by atoms with Gasteiger partial charge in [0.2, 0.25) is 5.91 Å². The SMILES string of the molecule is COc1ccc(CCNC(=O)C2CCc3n[nH]nc3C2)cc1OC. The monoisotopic (exact) mass is 330 g/mol. The molecule has 1 aromatic heterocycles. The lowest BCUT2D eigenvalue weighted by Gasteiger charge is -2.19. The number of amides is 1. The minimum Gasteiger partial charge on any atom is -0.493 e. The first-order valence-electron chi connectivity index (χ1n) is 8.08.